The molecule has 4 heteroatoms. The highest BCUT2D eigenvalue weighted by atomic mass is 79.9. The summed E-state index contributed by atoms with van der Waals surface area (Å²) in [5.41, 5.74) is 2.82. The first-order chi connectivity index (χ1) is 6.70. The van der Waals surface area contributed by atoms with Crippen molar-refractivity contribution in [3.8, 4) is 6.07 Å². The van der Waals surface area contributed by atoms with Gasteiger partial charge in [-0.3, -0.25) is 0 Å². The number of aryl methyl sites for hydroxylation is 1. The largest absolute Gasteiger partial charge is 0.306 e. The topological polar surface area (TPSA) is 41.1 Å². The number of fused-ring (bicyclic) bond motifs is 1. The van der Waals surface area contributed by atoms with E-state index >= 15 is 0 Å². The highest BCUT2D eigenvalue weighted by Gasteiger charge is 2.04. The SMILES string of the molecule is Cc1cc(Br)c2nc(CC#N)cn2c1. The number of rotatable bonds is 1. The molecule has 0 aliphatic rings. The van der Waals surface area contributed by atoms with E-state index in [9.17, 15) is 0 Å². The van der Waals surface area contributed by atoms with Gasteiger partial charge in [0.05, 0.1) is 22.7 Å². The van der Waals surface area contributed by atoms with Crippen LogP contribution < -0.4 is 0 Å². The van der Waals surface area contributed by atoms with Crippen LogP contribution in [0.15, 0.2) is 22.9 Å². The molecule has 0 fully saturated rings. The number of imidazole rings is 1. The zero-order chi connectivity index (χ0) is 10.1. The first-order valence-corrected chi connectivity index (χ1v) is 5.00. The van der Waals surface area contributed by atoms with Crippen LogP contribution in [0, 0.1) is 18.3 Å². The zero-order valence-corrected chi connectivity index (χ0v) is 9.24. The third-order valence-corrected chi connectivity index (χ3v) is 2.54. The summed E-state index contributed by atoms with van der Waals surface area (Å²) in [6, 6.07) is 4.10. The average molecular weight is 250 g/mol. The molecule has 3 nitrogen and oxygen atoms in total. The fourth-order valence-electron chi connectivity index (χ4n) is 1.41. The van der Waals surface area contributed by atoms with Crippen molar-refractivity contribution in [2.24, 2.45) is 0 Å². The van der Waals surface area contributed by atoms with Crippen LogP contribution >= 0.6 is 15.9 Å². The molecule has 0 bridgehead atoms. The monoisotopic (exact) mass is 249 g/mol. The van der Waals surface area contributed by atoms with E-state index in [1.54, 1.807) is 0 Å². The Bertz CT molecular complexity index is 522. The smallest absolute Gasteiger partial charge is 0.151 e. The van der Waals surface area contributed by atoms with Gasteiger partial charge in [-0.2, -0.15) is 5.26 Å². The number of nitrogens with zero attached hydrogens (tertiary/aromatic N) is 3. The summed E-state index contributed by atoms with van der Waals surface area (Å²) >= 11 is 3.45. The van der Waals surface area contributed by atoms with Crippen LogP contribution in [0.2, 0.25) is 0 Å². The van der Waals surface area contributed by atoms with Crippen molar-refractivity contribution in [1.29, 1.82) is 5.26 Å². The Morgan fingerprint density at radius 3 is 3.07 bits per heavy atom. The summed E-state index contributed by atoms with van der Waals surface area (Å²) in [6.07, 6.45) is 4.23. The Kier molecular flexibility index (Phi) is 2.26. The summed E-state index contributed by atoms with van der Waals surface area (Å²) in [4.78, 5) is 4.34. The molecule has 0 aromatic carbocycles. The lowest BCUT2D eigenvalue weighted by Crippen LogP contribution is -1.85. The normalized spacial score (nSPS) is 10.4. The van der Waals surface area contributed by atoms with Crippen molar-refractivity contribution < 1.29 is 0 Å². The number of aromatic nitrogens is 2. The van der Waals surface area contributed by atoms with Crippen LogP contribution in [0.5, 0.6) is 0 Å². The summed E-state index contributed by atoms with van der Waals surface area (Å²) in [5.74, 6) is 0. The lowest BCUT2D eigenvalue weighted by molar-refractivity contribution is 1.14. The van der Waals surface area contributed by atoms with E-state index < -0.39 is 0 Å². The molecule has 0 amide bonds. The molecule has 2 rings (SSSR count). The van der Waals surface area contributed by atoms with Crippen LogP contribution in [0.1, 0.15) is 11.3 Å². The molecule has 0 radical (unpaired) electrons. The second-order valence-corrected chi connectivity index (χ2v) is 4.02. The summed E-state index contributed by atoms with van der Waals surface area (Å²) in [6.45, 7) is 2.02. The van der Waals surface area contributed by atoms with Gasteiger partial charge in [-0.15, -0.1) is 0 Å². The number of hydrogen-bond donors (Lipinski definition) is 0. The van der Waals surface area contributed by atoms with Crippen molar-refractivity contribution in [2.75, 3.05) is 0 Å². The number of halogens is 1. The molecule has 2 aromatic heterocycles. The molecular weight excluding hydrogens is 242 g/mol. The van der Waals surface area contributed by atoms with Crippen molar-refractivity contribution in [2.45, 2.75) is 13.3 Å². The third-order valence-electron chi connectivity index (χ3n) is 1.95. The van der Waals surface area contributed by atoms with E-state index in [1.165, 1.54) is 0 Å². The molecule has 0 saturated carbocycles. The van der Waals surface area contributed by atoms with E-state index in [0.717, 1.165) is 21.4 Å². The Labute approximate surface area is 90.1 Å². The summed E-state index contributed by atoms with van der Waals surface area (Å²) in [5, 5.41) is 8.56. The lowest BCUT2D eigenvalue weighted by Gasteiger charge is -1.97. The minimum absolute atomic E-state index is 0.354. The molecule has 0 saturated heterocycles. The van der Waals surface area contributed by atoms with Gasteiger partial charge < -0.3 is 4.40 Å². The Balaban J connectivity index is 2.66. The second kappa shape index (κ2) is 3.43. The molecule has 0 aliphatic carbocycles. The maximum absolute atomic E-state index is 8.56. The van der Waals surface area contributed by atoms with Gasteiger partial charge in [0.15, 0.2) is 5.65 Å². The Morgan fingerprint density at radius 1 is 1.57 bits per heavy atom. The molecule has 0 spiro atoms. The Hall–Kier alpha value is -1.34. The molecule has 0 unspecified atom stereocenters. The molecular formula is C10H8BrN3. The molecule has 2 heterocycles. The van der Waals surface area contributed by atoms with Gasteiger partial charge in [0.25, 0.3) is 0 Å². The number of hydrogen-bond acceptors (Lipinski definition) is 2. The van der Waals surface area contributed by atoms with Gasteiger partial charge in [0, 0.05) is 12.4 Å². The number of nitriles is 1. The first-order valence-electron chi connectivity index (χ1n) is 4.21. The fraction of sp³-hybridized carbons (Fsp3) is 0.200. The van der Waals surface area contributed by atoms with Gasteiger partial charge in [-0.05, 0) is 34.5 Å². The first kappa shape index (κ1) is 9.22. The molecule has 14 heavy (non-hydrogen) atoms. The summed E-state index contributed by atoms with van der Waals surface area (Å²) < 4.78 is 2.90. The van der Waals surface area contributed by atoms with E-state index in [-0.39, 0.29) is 0 Å². The molecule has 2 aromatic rings. The van der Waals surface area contributed by atoms with Crippen molar-refractivity contribution in [1.82, 2.24) is 9.38 Å². The van der Waals surface area contributed by atoms with Gasteiger partial charge >= 0.3 is 0 Å². The van der Waals surface area contributed by atoms with E-state index in [2.05, 4.69) is 27.0 Å². The standard InChI is InChI=1S/C10H8BrN3/c1-7-4-9(11)10-13-8(2-3-12)6-14(10)5-7/h4-6H,2H2,1H3. The quantitative estimate of drug-likeness (QED) is 0.780. The van der Waals surface area contributed by atoms with Crippen molar-refractivity contribution in [3.05, 3.63) is 34.2 Å². The maximum Gasteiger partial charge on any atom is 0.151 e. The van der Waals surface area contributed by atoms with Crippen LogP contribution in [-0.4, -0.2) is 9.38 Å². The van der Waals surface area contributed by atoms with Crippen LogP contribution in [0.3, 0.4) is 0 Å². The average Bonchev–Trinajstić information content (AvgIpc) is 2.48. The van der Waals surface area contributed by atoms with Gasteiger partial charge in [0.2, 0.25) is 0 Å². The highest BCUT2D eigenvalue weighted by molar-refractivity contribution is 9.10. The minimum Gasteiger partial charge on any atom is -0.306 e. The van der Waals surface area contributed by atoms with E-state index in [4.69, 9.17) is 5.26 Å². The summed E-state index contributed by atoms with van der Waals surface area (Å²) in [7, 11) is 0. The fourth-order valence-corrected chi connectivity index (χ4v) is 2.06. The predicted molar refractivity (Wildman–Crippen MR) is 56.9 cm³/mol. The predicted octanol–water partition coefficient (Wildman–Crippen LogP) is 2.47. The lowest BCUT2D eigenvalue weighted by atomic mass is 10.3. The molecule has 0 N–H and O–H groups in total. The second-order valence-electron chi connectivity index (χ2n) is 3.16. The molecule has 0 atom stereocenters. The van der Waals surface area contributed by atoms with Crippen LogP contribution in [-0.2, 0) is 6.42 Å². The zero-order valence-electron chi connectivity index (χ0n) is 7.66. The van der Waals surface area contributed by atoms with E-state index in [0.29, 0.717) is 6.42 Å². The van der Waals surface area contributed by atoms with E-state index in [1.807, 2.05) is 29.8 Å². The highest BCUT2D eigenvalue weighted by Crippen LogP contribution is 2.19. The number of pyridine rings is 1. The maximum atomic E-state index is 8.56. The van der Waals surface area contributed by atoms with Gasteiger partial charge in [-0.1, -0.05) is 0 Å². The van der Waals surface area contributed by atoms with Crippen LogP contribution in [0.4, 0.5) is 0 Å². The van der Waals surface area contributed by atoms with Crippen molar-refractivity contribution >= 4 is 21.6 Å². The molecule has 70 valence electrons. The molecule has 0 aliphatic heterocycles. The minimum atomic E-state index is 0.354. The van der Waals surface area contributed by atoms with Gasteiger partial charge in [0.1, 0.15) is 0 Å². The van der Waals surface area contributed by atoms with Crippen molar-refractivity contribution in [3.63, 3.8) is 0 Å². The Morgan fingerprint density at radius 2 is 2.36 bits per heavy atom. The van der Waals surface area contributed by atoms with Crippen LogP contribution in [0.25, 0.3) is 5.65 Å². The van der Waals surface area contributed by atoms with Gasteiger partial charge in [-0.25, -0.2) is 4.98 Å². The third kappa shape index (κ3) is 1.51.